The van der Waals surface area contributed by atoms with Crippen molar-refractivity contribution in [1.82, 2.24) is 5.32 Å². The first-order valence-electron chi connectivity index (χ1n) is 5.46. The van der Waals surface area contributed by atoms with Crippen LogP contribution in [0.5, 0.6) is 0 Å². The Labute approximate surface area is 106 Å². The van der Waals surface area contributed by atoms with Crippen LogP contribution in [0.25, 0.3) is 0 Å². The zero-order chi connectivity index (χ0) is 11.6. The number of thioether (sulfide) groups is 1. The SMILES string of the molecule is OCCCSCCNCc1ccc(Cl)cc1. The summed E-state index contributed by atoms with van der Waals surface area (Å²) in [5.74, 6) is 2.13. The Balaban J connectivity index is 2.01. The van der Waals surface area contributed by atoms with E-state index in [0.717, 1.165) is 36.0 Å². The van der Waals surface area contributed by atoms with E-state index in [1.54, 1.807) is 0 Å². The molecule has 0 atom stereocenters. The van der Waals surface area contributed by atoms with Crippen LogP contribution in [-0.2, 0) is 6.54 Å². The third kappa shape index (κ3) is 6.38. The second-order valence-corrected chi connectivity index (χ2v) is 5.15. The first-order valence-corrected chi connectivity index (χ1v) is 7.00. The summed E-state index contributed by atoms with van der Waals surface area (Å²) in [6, 6.07) is 7.89. The van der Waals surface area contributed by atoms with E-state index in [4.69, 9.17) is 16.7 Å². The average Bonchev–Trinajstić information content (AvgIpc) is 2.30. The zero-order valence-electron chi connectivity index (χ0n) is 9.29. The van der Waals surface area contributed by atoms with Gasteiger partial charge < -0.3 is 10.4 Å². The van der Waals surface area contributed by atoms with Crippen molar-refractivity contribution in [2.24, 2.45) is 0 Å². The minimum absolute atomic E-state index is 0.297. The van der Waals surface area contributed by atoms with Crippen molar-refractivity contribution in [3.63, 3.8) is 0 Å². The van der Waals surface area contributed by atoms with Gasteiger partial charge in [-0.2, -0.15) is 11.8 Å². The molecule has 4 heteroatoms. The molecule has 0 spiro atoms. The normalized spacial score (nSPS) is 10.6. The minimum atomic E-state index is 0.297. The molecule has 0 aliphatic heterocycles. The summed E-state index contributed by atoms with van der Waals surface area (Å²) in [7, 11) is 0. The van der Waals surface area contributed by atoms with Gasteiger partial charge in [-0.25, -0.2) is 0 Å². The molecule has 2 nitrogen and oxygen atoms in total. The number of rotatable bonds is 8. The van der Waals surface area contributed by atoms with E-state index in [1.165, 1.54) is 5.56 Å². The maximum absolute atomic E-state index is 8.60. The van der Waals surface area contributed by atoms with Crippen molar-refractivity contribution < 1.29 is 5.11 Å². The molecule has 0 aliphatic rings. The van der Waals surface area contributed by atoms with Crippen LogP contribution in [0.3, 0.4) is 0 Å². The van der Waals surface area contributed by atoms with E-state index < -0.39 is 0 Å². The lowest BCUT2D eigenvalue weighted by Crippen LogP contribution is -2.16. The predicted octanol–water partition coefficient (Wildman–Crippen LogP) is 2.55. The molecule has 1 rings (SSSR count). The van der Waals surface area contributed by atoms with Crippen molar-refractivity contribution in [1.29, 1.82) is 0 Å². The highest BCUT2D eigenvalue weighted by molar-refractivity contribution is 7.99. The van der Waals surface area contributed by atoms with Gasteiger partial charge in [0.25, 0.3) is 0 Å². The van der Waals surface area contributed by atoms with Gasteiger partial charge >= 0.3 is 0 Å². The number of halogens is 1. The lowest BCUT2D eigenvalue weighted by atomic mass is 10.2. The maximum Gasteiger partial charge on any atom is 0.0438 e. The lowest BCUT2D eigenvalue weighted by Gasteiger charge is -2.04. The predicted molar refractivity (Wildman–Crippen MR) is 72.2 cm³/mol. The molecule has 0 fully saturated rings. The summed E-state index contributed by atoms with van der Waals surface area (Å²) in [5.41, 5.74) is 1.25. The molecule has 0 unspecified atom stereocenters. The van der Waals surface area contributed by atoms with Crippen LogP contribution in [0.2, 0.25) is 5.02 Å². The molecule has 0 amide bonds. The van der Waals surface area contributed by atoms with Gasteiger partial charge in [0.15, 0.2) is 0 Å². The minimum Gasteiger partial charge on any atom is -0.396 e. The van der Waals surface area contributed by atoms with Gasteiger partial charge in [-0.1, -0.05) is 23.7 Å². The highest BCUT2D eigenvalue weighted by atomic mass is 35.5. The zero-order valence-corrected chi connectivity index (χ0v) is 10.9. The Morgan fingerprint density at radius 1 is 1.19 bits per heavy atom. The van der Waals surface area contributed by atoms with Gasteiger partial charge in [0.1, 0.15) is 0 Å². The standard InChI is InChI=1S/C12H18ClNOS/c13-12-4-2-11(3-5-12)10-14-6-9-16-8-1-7-15/h2-5,14-15H,1,6-10H2. The van der Waals surface area contributed by atoms with E-state index in [2.05, 4.69) is 5.32 Å². The molecular formula is C12H18ClNOS. The maximum atomic E-state index is 8.60. The van der Waals surface area contributed by atoms with Crippen molar-refractivity contribution in [2.45, 2.75) is 13.0 Å². The highest BCUT2D eigenvalue weighted by Gasteiger charge is 1.93. The third-order valence-electron chi connectivity index (χ3n) is 2.11. The molecule has 0 aliphatic carbocycles. The number of hydrogen-bond acceptors (Lipinski definition) is 3. The summed E-state index contributed by atoms with van der Waals surface area (Å²) in [5, 5.41) is 12.8. The molecule has 90 valence electrons. The first-order chi connectivity index (χ1) is 7.83. The number of nitrogens with one attached hydrogen (secondary N) is 1. The van der Waals surface area contributed by atoms with Crippen LogP contribution in [0, 0.1) is 0 Å². The molecule has 0 radical (unpaired) electrons. The molecule has 0 heterocycles. The van der Waals surface area contributed by atoms with Gasteiger partial charge in [0.2, 0.25) is 0 Å². The van der Waals surface area contributed by atoms with E-state index in [1.807, 2.05) is 36.0 Å². The summed E-state index contributed by atoms with van der Waals surface area (Å²) in [6.07, 6.45) is 0.891. The molecule has 0 aromatic heterocycles. The Kier molecular flexibility index (Phi) is 7.68. The first kappa shape index (κ1) is 13.8. The van der Waals surface area contributed by atoms with Crippen molar-refractivity contribution >= 4 is 23.4 Å². The molecule has 2 N–H and O–H groups in total. The number of benzene rings is 1. The molecule has 0 saturated heterocycles. The van der Waals surface area contributed by atoms with E-state index in [0.29, 0.717) is 6.61 Å². The van der Waals surface area contributed by atoms with Gasteiger partial charge in [-0.15, -0.1) is 0 Å². The van der Waals surface area contributed by atoms with E-state index >= 15 is 0 Å². The highest BCUT2D eigenvalue weighted by Crippen LogP contribution is 2.09. The van der Waals surface area contributed by atoms with Crippen molar-refractivity contribution in [2.75, 3.05) is 24.7 Å². The van der Waals surface area contributed by atoms with Crippen LogP contribution in [0.1, 0.15) is 12.0 Å². The molecule has 16 heavy (non-hydrogen) atoms. The van der Waals surface area contributed by atoms with Crippen LogP contribution in [-0.4, -0.2) is 29.8 Å². The smallest absolute Gasteiger partial charge is 0.0438 e. The van der Waals surface area contributed by atoms with Crippen molar-refractivity contribution in [3.05, 3.63) is 34.9 Å². The number of aliphatic hydroxyl groups excluding tert-OH is 1. The summed E-state index contributed by atoms with van der Waals surface area (Å²) in [6.45, 7) is 2.18. The largest absolute Gasteiger partial charge is 0.396 e. The fourth-order valence-corrected chi connectivity index (χ4v) is 2.20. The Morgan fingerprint density at radius 3 is 2.62 bits per heavy atom. The number of aliphatic hydroxyl groups is 1. The van der Waals surface area contributed by atoms with Crippen molar-refractivity contribution in [3.8, 4) is 0 Å². The molecule has 0 saturated carbocycles. The topological polar surface area (TPSA) is 32.3 Å². The average molecular weight is 260 g/mol. The van der Waals surface area contributed by atoms with Gasteiger partial charge in [0.05, 0.1) is 0 Å². The Morgan fingerprint density at radius 2 is 1.94 bits per heavy atom. The van der Waals surface area contributed by atoms with E-state index in [-0.39, 0.29) is 0 Å². The van der Waals surface area contributed by atoms with Gasteiger partial charge in [0, 0.05) is 30.5 Å². The fourth-order valence-electron chi connectivity index (χ4n) is 1.25. The molecular weight excluding hydrogens is 242 g/mol. The summed E-state index contributed by atoms with van der Waals surface area (Å²) >= 11 is 7.67. The quantitative estimate of drug-likeness (QED) is 0.704. The van der Waals surface area contributed by atoms with Crippen LogP contribution in [0.15, 0.2) is 24.3 Å². The van der Waals surface area contributed by atoms with Crippen LogP contribution in [0.4, 0.5) is 0 Å². The molecule has 1 aromatic rings. The van der Waals surface area contributed by atoms with Crippen LogP contribution < -0.4 is 5.32 Å². The Hall–Kier alpha value is -0.220. The number of hydrogen-bond donors (Lipinski definition) is 2. The fraction of sp³-hybridized carbons (Fsp3) is 0.500. The van der Waals surface area contributed by atoms with Gasteiger partial charge in [-0.05, 0) is 29.9 Å². The van der Waals surface area contributed by atoms with E-state index in [9.17, 15) is 0 Å². The molecule has 1 aromatic carbocycles. The second kappa shape index (κ2) is 8.88. The third-order valence-corrected chi connectivity index (χ3v) is 3.43. The molecule has 0 bridgehead atoms. The second-order valence-electron chi connectivity index (χ2n) is 3.49. The van der Waals surface area contributed by atoms with Crippen LogP contribution >= 0.6 is 23.4 Å². The Bertz CT molecular complexity index is 279. The summed E-state index contributed by atoms with van der Waals surface area (Å²) < 4.78 is 0. The lowest BCUT2D eigenvalue weighted by molar-refractivity contribution is 0.296. The van der Waals surface area contributed by atoms with Gasteiger partial charge in [-0.3, -0.25) is 0 Å². The summed E-state index contributed by atoms with van der Waals surface area (Å²) in [4.78, 5) is 0. The monoisotopic (exact) mass is 259 g/mol.